The summed E-state index contributed by atoms with van der Waals surface area (Å²) in [6, 6.07) is 8.44. The molecule has 0 saturated carbocycles. The zero-order valence-corrected chi connectivity index (χ0v) is 11.5. The molecule has 0 aliphatic carbocycles. The quantitative estimate of drug-likeness (QED) is 0.521. The van der Waals surface area contributed by atoms with Crippen LogP contribution in [-0.2, 0) is 6.42 Å². The molecule has 0 unspecified atom stereocenters. The third-order valence-electron chi connectivity index (χ3n) is 2.71. The second-order valence-corrected chi connectivity index (χ2v) is 3.97. The molecule has 1 aromatic carbocycles. The lowest BCUT2D eigenvalue weighted by Crippen LogP contribution is -1.98. The van der Waals surface area contributed by atoms with Gasteiger partial charge in [-0.2, -0.15) is 0 Å². The largest absolute Gasteiger partial charge is 0.249 e. The summed E-state index contributed by atoms with van der Waals surface area (Å²) in [6.45, 7) is 9.99. The minimum Gasteiger partial charge on any atom is -0.249 e. The van der Waals surface area contributed by atoms with Gasteiger partial charge >= 0.3 is 0 Å². The lowest BCUT2D eigenvalue weighted by Gasteiger charge is -2.04. The molecular formula is C17H21N. The van der Waals surface area contributed by atoms with E-state index in [1.807, 2.05) is 38.2 Å². The first-order valence-electron chi connectivity index (χ1n) is 6.34. The third-order valence-corrected chi connectivity index (χ3v) is 2.71. The van der Waals surface area contributed by atoms with Crippen LogP contribution in [0.3, 0.4) is 0 Å². The number of allylic oxidation sites excluding steroid dienone is 4. The van der Waals surface area contributed by atoms with E-state index in [1.165, 1.54) is 5.56 Å². The van der Waals surface area contributed by atoms with Crippen LogP contribution in [0.25, 0.3) is 0 Å². The highest BCUT2D eigenvalue weighted by Gasteiger charge is 2.00. The van der Waals surface area contributed by atoms with Gasteiger partial charge in [0, 0.05) is 5.56 Å². The summed E-state index contributed by atoms with van der Waals surface area (Å²) >= 11 is 0. The van der Waals surface area contributed by atoms with E-state index in [0.29, 0.717) is 0 Å². The summed E-state index contributed by atoms with van der Waals surface area (Å²) < 4.78 is 0. The van der Waals surface area contributed by atoms with Crippen molar-refractivity contribution in [2.24, 2.45) is 4.99 Å². The van der Waals surface area contributed by atoms with Gasteiger partial charge in [0.1, 0.15) is 0 Å². The molecule has 0 aliphatic rings. The van der Waals surface area contributed by atoms with Gasteiger partial charge in [-0.05, 0) is 44.1 Å². The summed E-state index contributed by atoms with van der Waals surface area (Å²) in [5.74, 6) is 0. The molecule has 0 heterocycles. The first kappa shape index (κ1) is 14.2. The Hall–Kier alpha value is -1.89. The molecule has 0 amide bonds. The van der Waals surface area contributed by atoms with E-state index in [9.17, 15) is 0 Å². The van der Waals surface area contributed by atoms with Gasteiger partial charge in [0.2, 0.25) is 0 Å². The standard InChI is InChI=1S/C17H21N/c1-5-10-16(7-3)18-17(8-4)15-12-9-11-14(6-2)13-15/h5,7-13H,4,6H2,1-3H3/b10-5+,16-7-,18-17?. The number of benzene rings is 1. The van der Waals surface area contributed by atoms with Crippen molar-refractivity contribution in [2.75, 3.05) is 0 Å². The van der Waals surface area contributed by atoms with Crippen molar-refractivity contribution < 1.29 is 0 Å². The monoisotopic (exact) mass is 239 g/mol. The maximum absolute atomic E-state index is 4.62. The Bertz CT molecular complexity index is 490. The average Bonchev–Trinajstić information content (AvgIpc) is 2.43. The molecule has 0 spiro atoms. The summed E-state index contributed by atoms with van der Waals surface area (Å²) in [6.07, 6.45) is 8.81. The van der Waals surface area contributed by atoms with E-state index < -0.39 is 0 Å². The van der Waals surface area contributed by atoms with E-state index in [2.05, 4.69) is 42.8 Å². The number of hydrogen-bond acceptors (Lipinski definition) is 1. The van der Waals surface area contributed by atoms with Gasteiger partial charge in [-0.25, -0.2) is 4.99 Å². The van der Waals surface area contributed by atoms with Crippen LogP contribution in [-0.4, -0.2) is 5.71 Å². The van der Waals surface area contributed by atoms with Crippen LogP contribution in [0.1, 0.15) is 31.9 Å². The number of nitrogens with zero attached hydrogens (tertiary/aromatic N) is 1. The number of hydrogen-bond donors (Lipinski definition) is 0. The van der Waals surface area contributed by atoms with Crippen LogP contribution >= 0.6 is 0 Å². The molecule has 1 nitrogen and oxygen atoms in total. The van der Waals surface area contributed by atoms with E-state index in [4.69, 9.17) is 0 Å². The van der Waals surface area contributed by atoms with Crippen molar-refractivity contribution in [3.8, 4) is 0 Å². The van der Waals surface area contributed by atoms with Crippen LogP contribution in [0.4, 0.5) is 0 Å². The third kappa shape index (κ3) is 3.85. The molecule has 0 radical (unpaired) electrons. The molecule has 0 saturated heterocycles. The molecule has 0 N–H and O–H groups in total. The van der Waals surface area contributed by atoms with Gasteiger partial charge in [-0.3, -0.25) is 0 Å². The Labute approximate surface area is 110 Å². The van der Waals surface area contributed by atoms with Crippen LogP contribution in [0.15, 0.2) is 65.8 Å². The summed E-state index contributed by atoms with van der Waals surface area (Å²) in [4.78, 5) is 4.62. The highest BCUT2D eigenvalue weighted by Crippen LogP contribution is 2.11. The van der Waals surface area contributed by atoms with Crippen molar-refractivity contribution in [1.82, 2.24) is 0 Å². The summed E-state index contributed by atoms with van der Waals surface area (Å²) in [7, 11) is 0. The highest BCUT2D eigenvalue weighted by atomic mass is 14.7. The Balaban J connectivity index is 3.16. The summed E-state index contributed by atoms with van der Waals surface area (Å²) in [5, 5.41) is 0. The predicted octanol–water partition coefficient (Wildman–Crippen LogP) is 4.70. The van der Waals surface area contributed by atoms with Crippen molar-refractivity contribution in [2.45, 2.75) is 27.2 Å². The van der Waals surface area contributed by atoms with Crippen LogP contribution < -0.4 is 0 Å². The van der Waals surface area contributed by atoms with E-state index in [1.54, 1.807) is 0 Å². The van der Waals surface area contributed by atoms with E-state index in [-0.39, 0.29) is 0 Å². The van der Waals surface area contributed by atoms with Gasteiger partial charge in [0.15, 0.2) is 0 Å². The van der Waals surface area contributed by atoms with E-state index in [0.717, 1.165) is 23.4 Å². The zero-order valence-electron chi connectivity index (χ0n) is 11.5. The fourth-order valence-electron chi connectivity index (χ4n) is 1.69. The van der Waals surface area contributed by atoms with Gasteiger partial charge in [0.05, 0.1) is 11.4 Å². The Morgan fingerprint density at radius 2 is 2.11 bits per heavy atom. The lowest BCUT2D eigenvalue weighted by atomic mass is 10.0. The Kier molecular flexibility index (Phi) is 5.86. The molecule has 0 aromatic heterocycles. The zero-order chi connectivity index (χ0) is 13.4. The number of aryl methyl sites for hydroxylation is 1. The SMILES string of the molecule is C=CC(=NC(=C\C)/C=C/C)c1cccc(CC)c1. The molecule has 94 valence electrons. The fourth-order valence-corrected chi connectivity index (χ4v) is 1.69. The molecule has 0 bridgehead atoms. The van der Waals surface area contributed by atoms with Crippen molar-refractivity contribution in [1.29, 1.82) is 0 Å². The summed E-state index contributed by atoms with van der Waals surface area (Å²) in [5.41, 5.74) is 4.30. The minimum atomic E-state index is 0.913. The van der Waals surface area contributed by atoms with Gasteiger partial charge in [-0.15, -0.1) is 0 Å². The molecule has 1 heteroatoms. The Morgan fingerprint density at radius 3 is 2.67 bits per heavy atom. The Morgan fingerprint density at radius 1 is 1.33 bits per heavy atom. The number of aliphatic imine (C=N–C) groups is 1. The predicted molar refractivity (Wildman–Crippen MR) is 81.1 cm³/mol. The second-order valence-electron chi connectivity index (χ2n) is 3.97. The van der Waals surface area contributed by atoms with Gasteiger partial charge in [-0.1, -0.05) is 43.9 Å². The molecule has 18 heavy (non-hydrogen) atoms. The average molecular weight is 239 g/mol. The van der Waals surface area contributed by atoms with Crippen molar-refractivity contribution in [3.63, 3.8) is 0 Å². The van der Waals surface area contributed by atoms with Crippen molar-refractivity contribution in [3.05, 3.63) is 72.0 Å². The van der Waals surface area contributed by atoms with Crippen LogP contribution in [0.2, 0.25) is 0 Å². The smallest absolute Gasteiger partial charge is 0.0703 e. The molecule has 0 atom stereocenters. The first-order valence-corrected chi connectivity index (χ1v) is 6.34. The first-order chi connectivity index (χ1) is 8.74. The molecule has 1 aromatic rings. The highest BCUT2D eigenvalue weighted by molar-refractivity contribution is 6.09. The molecule has 0 fully saturated rings. The van der Waals surface area contributed by atoms with Gasteiger partial charge in [0.25, 0.3) is 0 Å². The number of rotatable bonds is 5. The second kappa shape index (κ2) is 7.44. The lowest BCUT2D eigenvalue weighted by molar-refractivity contribution is 1.14. The van der Waals surface area contributed by atoms with Crippen LogP contribution in [0, 0.1) is 0 Å². The molecule has 0 aliphatic heterocycles. The maximum Gasteiger partial charge on any atom is 0.0703 e. The van der Waals surface area contributed by atoms with Crippen LogP contribution in [0.5, 0.6) is 0 Å². The van der Waals surface area contributed by atoms with E-state index >= 15 is 0 Å². The molecular weight excluding hydrogens is 218 g/mol. The fraction of sp³-hybridized carbons (Fsp3) is 0.235. The van der Waals surface area contributed by atoms with Crippen molar-refractivity contribution >= 4 is 5.71 Å². The maximum atomic E-state index is 4.62. The minimum absolute atomic E-state index is 0.913. The molecule has 1 rings (SSSR count). The topological polar surface area (TPSA) is 12.4 Å². The normalized spacial score (nSPS) is 13.1. The van der Waals surface area contributed by atoms with Gasteiger partial charge < -0.3 is 0 Å².